The van der Waals surface area contributed by atoms with Gasteiger partial charge >= 0.3 is 0 Å². The molecule has 2 heteroatoms. The van der Waals surface area contributed by atoms with E-state index in [4.69, 9.17) is 4.42 Å². The topological polar surface area (TPSA) is 18.1 Å². The van der Waals surface area contributed by atoms with Crippen molar-refractivity contribution in [2.24, 2.45) is 0 Å². The van der Waals surface area contributed by atoms with E-state index in [2.05, 4.69) is 150 Å². The molecule has 0 aliphatic carbocycles. The highest BCUT2D eigenvalue weighted by Gasteiger charge is 2.23. The van der Waals surface area contributed by atoms with E-state index in [9.17, 15) is 0 Å². The number of rotatable bonds is 3. The van der Waals surface area contributed by atoms with Gasteiger partial charge in [0.05, 0.1) is 11.0 Å². The summed E-state index contributed by atoms with van der Waals surface area (Å²) in [4.78, 5) is 0. The van der Waals surface area contributed by atoms with Crippen LogP contribution in [0.4, 0.5) is 0 Å². The zero-order valence-electron chi connectivity index (χ0n) is 22.8. The molecule has 0 saturated carbocycles. The zero-order valence-corrected chi connectivity index (χ0v) is 22.8. The maximum atomic E-state index is 6.58. The number of hydrogen-bond donors (Lipinski definition) is 0. The van der Waals surface area contributed by atoms with E-state index in [-0.39, 0.29) is 0 Å². The molecule has 0 radical (unpaired) electrons. The van der Waals surface area contributed by atoms with Crippen molar-refractivity contribution in [3.8, 4) is 27.9 Å². The van der Waals surface area contributed by atoms with E-state index in [0.29, 0.717) is 0 Å². The second-order valence-corrected chi connectivity index (χ2v) is 10.9. The molecule has 0 bridgehead atoms. The molecule has 2 aromatic heterocycles. The van der Waals surface area contributed by atoms with Gasteiger partial charge in [-0.2, -0.15) is 0 Å². The molecule has 196 valence electrons. The SMILES string of the molecule is c1ccc(-c2cc(-c3ccccc3)cc(-n3c4ccccc4c4c5c6ccccc6oc5c5ccccc5c43)c2)cc1. The Hall–Kier alpha value is -5.60. The highest BCUT2D eigenvalue weighted by Crippen LogP contribution is 2.46. The lowest BCUT2D eigenvalue weighted by molar-refractivity contribution is 0.673. The molecule has 0 amide bonds. The van der Waals surface area contributed by atoms with Crippen LogP contribution in [0.3, 0.4) is 0 Å². The molecule has 2 heterocycles. The summed E-state index contributed by atoms with van der Waals surface area (Å²) in [6, 6.07) is 54.2. The predicted octanol–water partition coefficient (Wildman–Crippen LogP) is 11.2. The normalized spacial score (nSPS) is 11.8. The quantitative estimate of drug-likeness (QED) is 0.220. The van der Waals surface area contributed by atoms with Crippen molar-refractivity contribution in [1.82, 2.24) is 4.57 Å². The Labute approximate surface area is 242 Å². The van der Waals surface area contributed by atoms with Crippen LogP contribution in [-0.2, 0) is 0 Å². The first kappa shape index (κ1) is 23.1. The van der Waals surface area contributed by atoms with E-state index < -0.39 is 0 Å². The summed E-state index contributed by atoms with van der Waals surface area (Å²) in [7, 11) is 0. The lowest BCUT2D eigenvalue weighted by Gasteiger charge is -2.15. The van der Waals surface area contributed by atoms with Gasteiger partial charge in [-0.25, -0.2) is 0 Å². The molecule has 0 atom stereocenters. The molecule has 9 rings (SSSR count). The third kappa shape index (κ3) is 3.33. The van der Waals surface area contributed by atoms with Crippen LogP contribution in [0.1, 0.15) is 0 Å². The fourth-order valence-corrected chi connectivity index (χ4v) is 6.72. The van der Waals surface area contributed by atoms with Crippen LogP contribution >= 0.6 is 0 Å². The minimum absolute atomic E-state index is 0.916. The predicted molar refractivity (Wildman–Crippen MR) is 176 cm³/mol. The molecule has 9 aromatic rings. The molecule has 0 unspecified atom stereocenters. The minimum Gasteiger partial charge on any atom is -0.455 e. The van der Waals surface area contributed by atoms with Crippen molar-refractivity contribution < 1.29 is 4.42 Å². The standard InChI is InChI=1S/C40H25NO/c1-3-13-26(14-4-1)28-23-29(27-15-5-2-6-16-27)25-30(24-28)41-35-21-11-9-19-33(35)37-38-34-20-10-12-22-36(34)42-40(38)32-18-8-7-17-31(32)39(37)41/h1-25H. The fraction of sp³-hybridized carbons (Fsp3) is 0. The summed E-state index contributed by atoms with van der Waals surface area (Å²) in [6.07, 6.45) is 0. The lowest BCUT2D eigenvalue weighted by atomic mass is 9.97. The number of furan rings is 1. The fourth-order valence-electron chi connectivity index (χ4n) is 6.72. The van der Waals surface area contributed by atoms with Gasteiger partial charge in [-0.15, -0.1) is 0 Å². The molecule has 0 aliphatic rings. The average Bonchev–Trinajstić information content (AvgIpc) is 3.62. The van der Waals surface area contributed by atoms with E-state index in [0.717, 1.165) is 27.6 Å². The molecule has 0 N–H and O–H groups in total. The van der Waals surface area contributed by atoms with Crippen molar-refractivity contribution in [3.63, 3.8) is 0 Å². The third-order valence-corrected chi connectivity index (χ3v) is 8.54. The van der Waals surface area contributed by atoms with Gasteiger partial charge in [0, 0.05) is 38.0 Å². The van der Waals surface area contributed by atoms with Gasteiger partial charge in [0.2, 0.25) is 0 Å². The first-order valence-electron chi connectivity index (χ1n) is 14.4. The second kappa shape index (κ2) is 8.95. The average molecular weight is 536 g/mol. The van der Waals surface area contributed by atoms with Crippen LogP contribution in [-0.4, -0.2) is 4.57 Å². The van der Waals surface area contributed by atoms with E-state index in [1.54, 1.807) is 0 Å². The summed E-state index contributed by atoms with van der Waals surface area (Å²) in [6.45, 7) is 0. The monoisotopic (exact) mass is 535 g/mol. The van der Waals surface area contributed by atoms with Crippen molar-refractivity contribution in [2.75, 3.05) is 0 Å². The highest BCUT2D eigenvalue weighted by molar-refractivity contribution is 6.36. The lowest BCUT2D eigenvalue weighted by Crippen LogP contribution is -1.96. The summed E-state index contributed by atoms with van der Waals surface area (Å²) in [5, 5.41) is 7.09. The number of nitrogens with zero attached hydrogens (tertiary/aromatic N) is 1. The van der Waals surface area contributed by atoms with Crippen LogP contribution < -0.4 is 0 Å². The summed E-state index contributed by atoms with van der Waals surface area (Å²) >= 11 is 0. The molecule has 42 heavy (non-hydrogen) atoms. The number of benzene rings is 7. The summed E-state index contributed by atoms with van der Waals surface area (Å²) < 4.78 is 9.05. The Morgan fingerprint density at radius 1 is 0.405 bits per heavy atom. The second-order valence-electron chi connectivity index (χ2n) is 10.9. The van der Waals surface area contributed by atoms with Gasteiger partial charge in [-0.3, -0.25) is 0 Å². The third-order valence-electron chi connectivity index (χ3n) is 8.54. The van der Waals surface area contributed by atoms with Gasteiger partial charge in [0.25, 0.3) is 0 Å². The van der Waals surface area contributed by atoms with Gasteiger partial charge < -0.3 is 8.98 Å². The smallest absolute Gasteiger partial charge is 0.144 e. The van der Waals surface area contributed by atoms with Gasteiger partial charge in [-0.1, -0.05) is 121 Å². The Morgan fingerprint density at radius 3 is 1.64 bits per heavy atom. The minimum atomic E-state index is 0.916. The van der Waals surface area contributed by atoms with Crippen molar-refractivity contribution in [2.45, 2.75) is 0 Å². The van der Waals surface area contributed by atoms with Gasteiger partial charge in [0.1, 0.15) is 11.2 Å². The van der Waals surface area contributed by atoms with Crippen molar-refractivity contribution >= 4 is 54.5 Å². The molecular weight excluding hydrogens is 510 g/mol. The van der Waals surface area contributed by atoms with Crippen molar-refractivity contribution in [1.29, 1.82) is 0 Å². The first-order chi connectivity index (χ1) is 20.8. The molecular formula is C40H25NO. The summed E-state index contributed by atoms with van der Waals surface area (Å²) in [5.74, 6) is 0. The molecule has 0 saturated heterocycles. The van der Waals surface area contributed by atoms with Crippen molar-refractivity contribution in [3.05, 3.63) is 152 Å². The molecule has 0 fully saturated rings. The Morgan fingerprint density at radius 2 is 0.952 bits per heavy atom. The molecule has 7 aromatic carbocycles. The van der Waals surface area contributed by atoms with Crippen LogP contribution in [0.15, 0.2) is 156 Å². The van der Waals surface area contributed by atoms with Crippen LogP contribution in [0.2, 0.25) is 0 Å². The summed E-state index contributed by atoms with van der Waals surface area (Å²) in [5.41, 5.74) is 10.2. The van der Waals surface area contributed by atoms with Gasteiger partial charge in [-0.05, 0) is 52.6 Å². The largest absolute Gasteiger partial charge is 0.455 e. The molecule has 0 aliphatic heterocycles. The molecule has 2 nitrogen and oxygen atoms in total. The number of para-hydroxylation sites is 2. The first-order valence-corrected chi connectivity index (χ1v) is 14.4. The molecule has 0 spiro atoms. The zero-order chi connectivity index (χ0) is 27.6. The highest BCUT2D eigenvalue weighted by atomic mass is 16.3. The van der Waals surface area contributed by atoms with Gasteiger partial charge in [0.15, 0.2) is 0 Å². The van der Waals surface area contributed by atoms with E-state index >= 15 is 0 Å². The maximum absolute atomic E-state index is 6.58. The van der Waals surface area contributed by atoms with E-state index in [1.165, 1.54) is 54.8 Å². The number of aromatic nitrogens is 1. The van der Waals surface area contributed by atoms with Crippen LogP contribution in [0, 0.1) is 0 Å². The van der Waals surface area contributed by atoms with Crippen LogP contribution in [0.25, 0.3) is 82.5 Å². The Kier molecular flexibility index (Phi) is 4.93. The number of fused-ring (bicyclic) bond motifs is 10. The van der Waals surface area contributed by atoms with E-state index in [1.807, 2.05) is 6.07 Å². The van der Waals surface area contributed by atoms with Crippen LogP contribution in [0.5, 0.6) is 0 Å². The Balaban J connectivity index is 1.50. The Bertz CT molecular complexity index is 2390. The number of hydrogen-bond acceptors (Lipinski definition) is 1. The maximum Gasteiger partial charge on any atom is 0.144 e.